The Balaban J connectivity index is 1.76. The van der Waals surface area contributed by atoms with Gasteiger partial charge in [0.1, 0.15) is 0 Å². The highest BCUT2D eigenvalue weighted by molar-refractivity contribution is 7.16. The Labute approximate surface area is 124 Å². The molecule has 0 aromatic carbocycles. The molecule has 1 N–H and O–H groups in total. The lowest BCUT2D eigenvalue weighted by Crippen LogP contribution is -2.35. The van der Waals surface area contributed by atoms with Crippen LogP contribution in [0.3, 0.4) is 0 Å². The summed E-state index contributed by atoms with van der Waals surface area (Å²) in [6.45, 7) is 2.71. The van der Waals surface area contributed by atoms with Gasteiger partial charge >= 0.3 is 0 Å². The molecule has 1 aliphatic rings. The van der Waals surface area contributed by atoms with E-state index < -0.39 is 0 Å². The van der Waals surface area contributed by atoms with Crippen molar-refractivity contribution in [2.75, 3.05) is 11.9 Å². The van der Waals surface area contributed by atoms with Gasteiger partial charge in [-0.15, -0.1) is 11.3 Å². The summed E-state index contributed by atoms with van der Waals surface area (Å²) in [5.41, 5.74) is 0.994. The molecule has 0 bridgehead atoms. The third kappa shape index (κ3) is 2.59. The number of nitrogens with one attached hydrogen (secondary N) is 1. The SMILES string of the molecule is CC(=O)Nc1nc2c(s1)CN(C(=O)c1cccs1)CC2. The van der Waals surface area contributed by atoms with Crippen molar-refractivity contribution < 1.29 is 9.59 Å². The molecule has 0 unspecified atom stereocenters. The molecule has 0 atom stereocenters. The monoisotopic (exact) mass is 307 g/mol. The van der Waals surface area contributed by atoms with Crippen LogP contribution >= 0.6 is 22.7 Å². The molecule has 0 saturated heterocycles. The lowest BCUT2D eigenvalue weighted by molar-refractivity contribution is -0.114. The van der Waals surface area contributed by atoms with Crippen molar-refractivity contribution in [3.8, 4) is 0 Å². The van der Waals surface area contributed by atoms with Gasteiger partial charge in [0.15, 0.2) is 5.13 Å². The fourth-order valence-electron chi connectivity index (χ4n) is 2.13. The highest BCUT2D eigenvalue weighted by Gasteiger charge is 2.25. The lowest BCUT2D eigenvalue weighted by atomic mass is 10.2. The van der Waals surface area contributed by atoms with Crippen molar-refractivity contribution >= 4 is 39.6 Å². The van der Waals surface area contributed by atoms with Crippen LogP contribution in [0.1, 0.15) is 27.2 Å². The number of nitrogens with zero attached hydrogens (tertiary/aromatic N) is 2. The second kappa shape index (κ2) is 5.34. The standard InChI is InChI=1S/C13H13N3O2S2/c1-8(17)14-13-15-9-4-5-16(7-11(9)20-13)12(18)10-3-2-6-19-10/h2-3,6H,4-5,7H2,1H3,(H,14,15,17). The molecule has 0 aliphatic carbocycles. The number of carbonyl (C=O) groups is 2. The Morgan fingerprint density at radius 1 is 1.45 bits per heavy atom. The molecule has 0 saturated carbocycles. The van der Waals surface area contributed by atoms with Crippen molar-refractivity contribution in [3.05, 3.63) is 33.0 Å². The summed E-state index contributed by atoms with van der Waals surface area (Å²) in [5, 5.41) is 5.23. The minimum Gasteiger partial charge on any atom is -0.332 e. The van der Waals surface area contributed by atoms with Crippen molar-refractivity contribution in [2.24, 2.45) is 0 Å². The first-order valence-electron chi connectivity index (χ1n) is 6.22. The maximum atomic E-state index is 12.3. The number of fused-ring (bicyclic) bond motifs is 1. The number of hydrogen-bond acceptors (Lipinski definition) is 5. The van der Waals surface area contributed by atoms with Gasteiger partial charge in [0, 0.05) is 24.8 Å². The molecule has 2 amide bonds. The van der Waals surface area contributed by atoms with E-state index in [9.17, 15) is 9.59 Å². The van der Waals surface area contributed by atoms with Crippen LogP contribution in [0.15, 0.2) is 17.5 Å². The van der Waals surface area contributed by atoms with Crippen LogP contribution in [0.4, 0.5) is 5.13 Å². The minimum atomic E-state index is -0.123. The molecule has 2 aromatic rings. The van der Waals surface area contributed by atoms with Crippen molar-refractivity contribution in [1.29, 1.82) is 0 Å². The van der Waals surface area contributed by atoms with Gasteiger partial charge in [0.25, 0.3) is 5.91 Å². The highest BCUT2D eigenvalue weighted by atomic mass is 32.1. The number of thiazole rings is 1. The zero-order valence-corrected chi connectivity index (χ0v) is 12.5. The summed E-state index contributed by atoms with van der Waals surface area (Å²) in [5.74, 6) is -0.0530. The molecular weight excluding hydrogens is 294 g/mol. The van der Waals surface area contributed by atoms with Gasteiger partial charge < -0.3 is 10.2 Å². The average molecular weight is 307 g/mol. The van der Waals surface area contributed by atoms with Crippen LogP contribution in [0, 0.1) is 0 Å². The largest absolute Gasteiger partial charge is 0.332 e. The fourth-order valence-corrected chi connectivity index (χ4v) is 3.89. The summed E-state index contributed by atoms with van der Waals surface area (Å²) in [4.78, 5) is 31.4. The maximum absolute atomic E-state index is 12.3. The molecule has 3 rings (SSSR count). The number of thiophene rings is 1. The molecule has 3 heterocycles. The number of amides is 2. The third-order valence-electron chi connectivity index (χ3n) is 3.03. The van der Waals surface area contributed by atoms with Gasteiger partial charge in [0.05, 0.1) is 17.1 Å². The van der Waals surface area contributed by atoms with Gasteiger partial charge in [-0.2, -0.15) is 0 Å². The first-order valence-corrected chi connectivity index (χ1v) is 7.92. The second-order valence-electron chi connectivity index (χ2n) is 4.52. The molecule has 1 aliphatic heterocycles. The van der Waals surface area contributed by atoms with Gasteiger partial charge in [-0.25, -0.2) is 4.98 Å². The van der Waals surface area contributed by atoms with Crippen LogP contribution in [0.5, 0.6) is 0 Å². The number of hydrogen-bond donors (Lipinski definition) is 1. The Morgan fingerprint density at radius 3 is 3.00 bits per heavy atom. The molecule has 0 radical (unpaired) electrons. The van der Waals surface area contributed by atoms with Crippen molar-refractivity contribution in [2.45, 2.75) is 19.9 Å². The van der Waals surface area contributed by atoms with E-state index in [-0.39, 0.29) is 11.8 Å². The van der Waals surface area contributed by atoms with Gasteiger partial charge in [0.2, 0.25) is 5.91 Å². The van der Waals surface area contributed by atoms with E-state index in [1.54, 1.807) is 0 Å². The fraction of sp³-hybridized carbons (Fsp3) is 0.308. The van der Waals surface area contributed by atoms with Crippen LogP contribution < -0.4 is 5.32 Å². The van der Waals surface area contributed by atoms with Gasteiger partial charge in [-0.1, -0.05) is 17.4 Å². The van der Waals surface area contributed by atoms with E-state index in [2.05, 4.69) is 10.3 Å². The van der Waals surface area contributed by atoms with Crippen LogP contribution in [0.25, 0.3) is 0 Å². The van der Waals surface area contributed by atoms with Crippen molar-refractivity contribution in [3.63, 3.8) is 0 Å². The van der Waals surface area contributed by atoms with E-state index in [0.717, 1.165) is 21.9 Å². The third-order valence-corrected chi connectivity index (χ3v) is 4.89. The summed E-state index contributed by atoms with van der Waals surface area (Å²) in [6.07, 6.45) is 0.739. The second-order valence-corrected chi connectivity index (χ2v) is 6.56. The van der Waals surface area contributed by atoms with E-state index >= 15 is 0 Å². The minimum absolute atomic E-state index is 0.0696. The first kappa shape index (κ1) is 13.3. The summed E-state index contributed by atoms with van der Waals surface area (Å²) in [7, 11) is 0. The smallest absolute Gasteiger partial charge is 0.264 e. The lowest BCUT2D eigenvalue weighted by Gasteiger charge is -2.25. The summed E-state index contributed by atoms with van der Waals surface area (Å²) >= 11 is 2.91. The molecule has 104 valence electrons. The van der Waals surface area contributed by atoms with E-state index in [1.807, 2.05) is 22.4 Å². The molecule has 7 heteroatoms. The van der Waals surface area contributed by atoms with Crippen molar-refractivity contribution in [1.82, 2.24) is 9.88 Å². The van der Waals surface area contributed by atoms with Gasteiger partial charge in [-0.05, 0) is 11.4 Å². The molecule has 2 aromatic heterocycles. The molecule has 5 nitrogen and oxygen atoms in total. The molecular formula is C13H13N3O2S2. The summed E-state index contributed by atoms with van der Waals surface area (Å²) < 4.78 is 0. The Hall–Kier alpha value is -1.73. The van der Waals surface area contributed by atoms with Crippen LogP contribution in [0.2, 0.25) is 0 Å². The first-order chi connectivity index (χ1) is 9.63. The number of carbonyl (C=O) groups excluding carboxylic acids is 2. The normalized spacial score (nSPS) is 13.9. The van der Waals surface area contributed by atoms with E-state index in [0.29, 0.717) is 18.2 Å². The predicted octanol–water partition coefficient (Wildman–Crippen LogP) is 2.36. The molecule has 0 fully saturated rings. The van der Waals surface area contributed by atoms with Crippen LogP contribution in [-0.2, 0) is 17.8 Å². The molecule has 20 heavy (non-hydrogen) atoms. The Kier molecular flexibility index (Phi) is 3.54. The van der Waals surface area contributed by atoms with E-state index in [4.69, 9.17) is 0 Å². The average Bonchev–Trinajstić information content (AvgIpc) is 3.04. The summed E-state index contributed by atoms with van der Waals surface area (Å²) in [6, 6.07) is 3.73. The number of rotatable bonds is 2. The van der Waals surface area contributed by atoms with E-state index in [1.165, 1.54) is 29.6 Å². The van der Waals surface area contributed by atoms with Gasteiger partial charge in [-0.3, -0.25) is 9.59 Å². The zero-order chi connectivity index (χ0) is 14.1. The van der Waals surface area contributed by atoms with Crippen LogP contribution in [-0.4, -0.2) is 28.2 Å². The maximum Gasteiger partial charge on any atom is 0.264 e. The number of anilines is 1. The quantitative estimate of drug-likeness (QED) is 0.926. The number of aromatic nitrogens is 1. The predicted molar refractivity (Wildman–Crippen MR) is 79.2 cm³/mol. The highest BCUT2D eigenvalue weighted by Crippen LogP contribution is 2.29. The topological polar surface area (TPSA) is 62.3 Å². The Bertz CT molecular complexity index is 649. The Morgan fingerprint density at radius 2 is 2.30 bits per heavy atom. The molecule has 0 spiro atoms. The zero-order valence-electron chi connectivity index (χ0n) is 10.9.